The summed E-state index contributed by atoms with van der Waals surface area (Å²) in [6.45, 7) is 1.37. The van der Waals surface area contributed by atoms with Crippen LogP contribution in [-0.4, -0.2) is 33.5 Å². The summed E-state index contributed by atoms with van der Waals surface area (Å²) in [6.07, 6.45) is -3.06. The van der Waals surface area contributed by atoms with Crippen LogP contribution in [0.4, 0.5) is 18.9 Å². The van der Waals surface area contributed by atoms with E-state index in [1.54, 1.807) is 0 Å². The van der Waals surface area contributed by atoms with Gasteiger partial charge in [-0.05, 0) is 19.1 Å². The van der Waals surface area contributed by atoms with Crippen LogP contribution in [0.25, 0.3) is 5.69 Å². The molecule has 13 heteroatoms. The third kappa shape index (κ3) is 3.72. The number of nitrogens with zero attached hydrogens (tertiary/aromatic N) is 3. The Morgan fingerprint density at radius 3 is 2.50 bits per heavy atom. The van der Waals surface area contributed by atoms with E-state index < -0.39 is 39.5 Å². The highest BCUT2D eigenvalue weighted by molar-refractivity contribution is 7.92. The molecule has 26 heavy (non-hydrogen) atoms. The van der Waals surface area contributed by atoms with Crippen molar-refractivity contribution in [3.05, 3.63) is 39.8 Å². The van der Waals surface area contributed by atoms with Crippen LogP contribution >= 0.6 is 12.2 Å². The molecule has 0 atom stereocenters. The highest BCUT2D eigenvalue weighted by Gasteiger charge is 2.23. The van der Waals surface area contributed by atoms with E-state index in [0.29, 0.717) is 9.25 Å². The van der Waals surface area contributed by atoms with E-state index in [-0.39, 0.29) is 22.0 Å². The molecule has 0 spiro atoms. The predicted molar refractivity (Wildman–Crippen MR) is 92.7 cm³/mol. The molecule has 1 aromatic heterocycles. The van der Waals surface area contributed by atoms with Crippen LogP contribution in [0.5, 0.6) is 0 Å². The molecule has 142 valence electrons. The summed E-state index contributed by atoms with van der Waals surface area (Å²) in [7, 11) is -2.74. The van der Waals surface area contributed by atoms with Gasteiger partial charge >= 0.3 is 5.69 Å². The minimum atomic E-state index is -3.79. The maximum Gasteiger partial charge on any atom is 0.350 e. The Kier molecular flexibility index (Phi) is 5.41. The molecule has 3 N–H and O–H groups in total. The number of anilines is 1. The van der Waals surface area contributed by atoms with Gasteiger partial charge in [-0.1, -0.05) is 12.2 Å². The summed E-state index contributed by atoms with van der Waals surface area (Å²) in [5.74, 6) is -2.22. The Hall–Kier alpha value is -2.41. The average Bonchev–Trinajstić information content (AvgIpc) is 2.84. The molecular weight excluding hydrogens is 395 g/mol. The molecule has 0 fully saturated rings. The molecule has 0 radical (unpaired) electrons. The second-order valence-electron chi connectivity index (χ2n) is 5.13. The molecule has 0 aliphatic heterocycles. The normalized spacial score (nSPS) is 11.8. The fraction of sp³-hybridized carbons (Fsp3) is 0.308. The number of thiocarbonyl (C=S) groups is 1. The van der Waals surface area contributed by atoms with Crippen molar-refractivity contribution in [1.82, 2.24) is 14.3 Å². The summed E-state index contributed by atoms with van der Waals surface area (Å²) in [5.41, 5.74) is 3.57. The minimum Gasteiger partial charge on any atom is -0.389 e. The standard InChI is InChI=1S/C13H14F3N5O3S2/c1-3-26(23,24)19-8-5-9(7(14)4-6(8)11(17)25)21-13(22)20(2)12(18-21)10(15)16/h4-5,10,19H,3H2,1-2H3,(H2,17,25). The van der Waals surface area contributed by atoms with Gasteiger partial charge in [0.1, 0.15) is 16.5 Å². The van der Waals surface area contributed by atoms with Crippen LogP contribution in [0, 0.1) is 5.82 Å². The van der Waals surface area contributed by atoms with Crippen molar-refractivity contribution in [2.24, 2.45) is 12.8 Å². The fourth-order valence-electron chi connectivity index (χ4n) is 2.05. The highest BCUT2D eigenvalue weighted by Crippen LogP contribution is 2.25. The maximum atomic E-state index is 14.4. The first-order chi connectivity index (χ1) is 12.0. The zero-order chi connectivity index (χ0) is 19.8. The van der Waals surface area contributed by atoms with Crippen LogP contribution in [0.3, 0.4) is 0 Å². The van der Waals surface area contributed by atoms with E-state index in [9.17, 15) is 26.4 Å². The molecule has 2 rings (SSSR count). The van der Waals surface area contributed by atoms with Gasteiger partial charge in [0, 0.05) is 12.6 Å². The van der Waals surface area contributed by atoms with E-state index in [1.165, 1.54) is 6.92 Å². The predicted octanol–water partition coefficient (Wildman–Crippen LogP) is 1.04. The number of halogens is 3. The molecule has 0 bridgehead atoms. The second-order valence-corrected chi connectivity index (χ2v) is 7.58. The summed E-state index contributed by atoms with van der Waals surface area (Å²) < 4.78 is 67.0. The Balaban J connectivity index is 2.74. The first-order valence-electron chi connectivity index (χ1n) is 7.06. The quantitative estimate of drug-likeness (QED) is 0.690. The third-order valence-electron chi connectivity index (χ3n) is 3.44. The van der Waals surface area contributed by atoms with E-state index in [2.05, 4.69) is 9.82 Å². The SMILES string of the molecule is CCS(=O)(=O)Nc1cc(-n2nc(C(F)F)n(C)c2=O)c(F)cc1C(N)=S. The molecule has 1 aromatic carbocycles. The number of rotatable bonds is 6. The molecule has 0 aliphatic rings. The number of benzene rings is 1. The van der Waals surface area contributed by atoms with Crippen LogP contribution in [0.2, 0.25) is 0 Å². The van der Waals surface area contributed by atoms with Gasteiger partial charge in [0.2, 0.25) is 15.8 Å². The second kappa shape index (κ2) is 7.07. The van der Waals surface area contributed by atoms with Crippen LogP contribution in [0.1, 0.15) is 24.7 Å². The van der Waals surface area contributed by atoms with Crippen molar-refractivity contribution in [2.45, 2.75) is 13.3 Å². The van der Waals surface area contributed by atoms with Crippen molar-refractivity contribution in [2.75, 3.05) is 10.5 Å². The molecule has 1 heterocycles. The maximum absolute atomic E-state index is 14.4. The molecule has 0 aliphatic carbocycles. The van der Waals surface area contributed by atoms with Crippen molar-refractivity contribution >= 4 is 32.9 Å². The summed E-state index contributed by atoms with van der Waals surface area (Å²) in [5, 5.41) is 3.41. The van der Waals surface area contributed by atoms with Gasteiger partial charge in [0.25, 0.3) is 6.43 Å². The molecule has 8 nitrogen and oxygen atoms in total. The largest absolute Gasteiger partial charge is 0.389 e. The summed E-state index contributed by atoms with van der Waals surface area (Å²) >= 11 is 4.77. The number of aromatic nitrogens is 3. The Morgan fingerprint density at radius 2 is 2.04 bits per heavy atom. The number of nitrogens with one attached hydrogen (secondary N) is 1. The monoisotopic (exact) mass is 409 g/mol. The minimum absolute atomic E-state index is 0.128. The molecular formula is C13H14F3N5O3S2. The van der Waals surface area contributed by atoms with Crippen molar-refractivity contribution in [1.29, 1.82) is 0 Å². The van der Waals surface area contributed by atoms with Crippen LogP contribution in [-0.2, 0) is 17.1 Å². The van der Waals surface area contributed by atoms with E-state index in [4.69, 9.17) is 18.0 Å². The van der Waals surface area contributed by atoms with Gasteiger partial charge in [-0.3, -0.25) is 9.29 Å². The van der Waals surface area contributed by atoms with Gasteiger partial charge in [-0.25, -0.2) is 26.4 Å². The Labute approximate surface area is 151 Å². The zero-order valence-corrected chi connectivity index (χ0v) is 15.2. The van der Waals surface area contributed by atoms with Gasteiger partial charge in [0.15, 0.2) is 0 Å². The van der Waals surface area contributed by atoms with Gasteiger partial charge in [-0.2, -0.15) is 4.68 Å². The first-order valence-corrected chi connectivity index (χ1v) is 9.12. The fourth-order valence-corrected chi connectivity index (χ4v) is 2.87. The van der Waals surface area contributed by atoms with E-state index in [1.807, 2.05) is 0 Å². The van der Waals surface area contributed by atoms with Gasteiger partial charge in [-0.15, -0.1) is 5.10 Å². The molecule has 0 amide bonds. The topological polar surface area (TPSA) is 112 Å². The van der Waals surface area contributed by atoms with Crippen molar-refractivity contribution < 1.29 is 21.6 Å². The zero-order valence-electron chi connectivity index (χ0n) is 13.5. The summed E-state index contributed by atoms with van der Waals surface area (Å²) in [4.78, 5) is 11.8. The lowest BCUT2D eigenvalue weighted by atomic mass is 10.1. The Morgan fingerprint density at radius 1 is 1.42 bits per heavy atom. The molecule has 0 saturated heterocycles. The third-order valence-corrected chi connectivity index (χ3v) is 4.95. The van der Waals surface area contributed by atoms with E-state index in [0.717, 1.165) is 19.2 Å². The van der Waals surface area contributed by atoms with Gasteiger partial charge in [0.05, 0.1) is 11.4 Å². The average molecular weight is 409 g/mol. The number of alkyl halides is 2. The lowest BCUT2D eigenvalue weighted by molar-refractivity contribution is 0.136. The lowest BCUT2D eigenvalue weighted by Gasteiger charge is -2.13. The first kappa shape index (κ1) is 19.9. The number of nitrogens with two attached hydrogens (primary N) is 1. The van der Waals surface area contributed by atoms with E-state index >= 15 is 0 Å². The smallest absolute Gasteiger partial charge is 0.350 e. The van der Waals surface area contributed by atoms with Crippen LogP contribution < -0.4 is 16.1 Å². The number of hydrogen-bond donors (Lipinski definition) is 2. The highest BCUT2D eigenvalue weighted by atomic mass is 32.2. The Bertz CT molecular complexity index is 1030. The molecule has 0 unspecified atom stereocenters. The van der Waals surface area contributed by atoms with Crippen molar-refractivity contribution in [3.8, 4) is 5.69 Å². The molecule has 0 saturated carbocycles. The summed E-state index contributed by atoms with van der Waals surface area (Å²) in [6, 6.07) is 1.72. The van der Waals surface area contributed by atoms with Gasteiger partial charge < -0.3 is 5.73 Å². The molecule has 2 aromatic rings. The van der Waals surface area contributed by atoms with Crippen molar-refractivity contribution in [3.63, 3.8) is 0 Å². The number of hydrogen-bond acceptors (Lipinski definition) is 5. The lowest BCUT2D eigenvalue weighted by Crippen LogP contribution is -2.24. The number of sulfonamides is 1. The van der Waals surface area contributed by atoms with Crippen LogP contribution in [0.15, 0.2) is 16.9 Å².